The Morgan fingerprint density at radius 2 is 1.74 bits per heavy atom. The zero-order chi connectivity index (χ0) is 24.6. The van der Waals surface area contributed by atoms with Gasteiger partial charge in [-0.3, -0.25) is 4.90 Å². The van der Waals surface area contributed by atoms with E-state index in [-0.39, 0.29) is 28.2 Å². The van der Waals surface area contributed by atoms with Crippen LogP contribution in [-0.2, 0) is 16.6 Å². The molecule has 0 spiro atoms. The van der Waals surface area contributed by atoms with Crippen molar-refractivity contribution in [2.24, 2.45) is 5.92 Å². The van der Waals surface area contributed by atoms with E-state index in [1.807, 2.05) is 24.3 Å². The van der Waals surface area contributed by atoms with Gasteiger partial charge in [-0.25, -0.2) is 8.42 Å². The fourth-order valence-corrected chi connectivity index (χ4v) is 7.10. The van der Waals surface area contributed by atoms with Crippen molar-refractivity contribution in [2.45, 2.75) is 23.9 Å². The quantitative estimate of drug-likeness (QED) is 0.420. The number of sulfonamides is 1. The highest BCUT2D eigenvalue weighted by Crippen LogP contribution is 2.39. The van der Waals surface area contributed by atoms with Crippen LogP contribution in [0.5, 0.6) is 11.5 Å². The Balaban J connectivity index is 1.42. The summed E-state index contributed by atoms with van der Waals surface area (Å²) < 4.78 is 35.1. The molecule has 0 aromatic heterocycles. The molecule has 0 radical (unpaired) electrons. The van der Waals surface area contributed by atoms with E-state index in [9.17, 15) is 13.7 Å². The standard InChI is InChI=1S/C26H23Cl2N3O3S/c27-21-11-22(28)13-23(12-21)34-25-7-6-19(14-29)10-26(25)35(32,33)31-16-20-8-9-30(24(20)17-31)15-18-4-2-1-3-5-18/h1-7,10-13,20,24H,8-9,15-17H2. The van der Waals surface area contributed by atoms with E-state index in [4.69, 9.17) is 27.9 Å². The van der Waals surface area contributed by atoms with Crippen LogP contribution in [0.3, 0.4) is 0 Å². The second-order valence-electron chi connectivity index (χ2n) is 8.87. The largest absolute Gasteiger partial charge is 0.456 e. The molecule has 9 heteroatoms. The molecule has 2 aliphatic heterocycles. The molecule has 5 rings (SSSR count). The van der Waals surface area contributed by atoms with E-state index < -0.39 is 10.0 Å². The number of hydrogen-bond donors (Lipinski definition) is 0. The monoisotopic (exact) mass is 527 g/mol. The first-order chi connectivity index (χ1) is 16.8. The van der Waals surface area contributed by atoms with Gasteiger partial charge in [-0.2, -0.15) is 9.57 Å². The number of hydrogen-bond acceptors (Lipinski definition) is 5. The van der Waals surface area contributed by atoms with Crippen molar-refractivity contribution in [3.8, 4) is 17.6 Å². The van der Waals surface area contributed by atoms with Gasteiger partial charge < -0.3 is 4.74 Å². The van der Waals surface area contributed by atoms with Crippen molar-refractivity contribution >= 4 is 33.2 Å². The minimum atomic E-state index is -3.92. The molecule has 0 N–H and O–H groups in total. The molecule has 0 aliphatic carbocycles. The second kappa shape index (κ2) is 9.81. The maximum Gasteiger partial charge on any atom is 0.246 e. The lowest BCUT2D eigenvalue weighted by Crippen LogP contribution is -2.36. The molecule has 180 valence electrons. The number of halogens is 2. The van der Waals surface area contributed by atoms with Crippen LogP contribution in [0, 0.1) is 17.2 Å². The molecule has 3 aromatic rings. The molecule has 2 heterocycles. The lowest BCUT2D eigenvalue weighted by Gasteiger charge is -2.25. The minimum absolute atomic E-state index is 0.0396. The first-order valence-electron chi connectivity index (χ1n) is 11.3. The lowest BCUT2D eigenvalue weighted by atomic mass is 10.1. The highest BCUT2D eigenvalue weighted by molar-refractivity contribution is 7.89. The fourth-order valence-electron chi connectivity index (χ4n) is 4.94. The summed E-state index contributed by atoms with van der Waals surface area (Å²) in [6.45, 7) is 2.59. The molecule has 2 saturated heterocycles. The van der Waals surface area contributed by atoms with Crippen LogP contribution < -0.4 is 4.74 Å². The third-order valence-corrected chi connectivity index (χ3v) is 8.90. The van der Waals surface area contributed by atoms with Gasteiger partial charge >= 0.3 is 0 Å². The van der Waals surface area contributed by atoms with Gasteiger partial charge in [0.15, 0.2) is 0 Å². The van der Waals surface area contributed by atoms with Gasteiger partial charge in [0, 0.05) is 35.7 Å². The van der Waals surface area contributed by atoms with Crippen LogP contribution in [0.15, 0.2) is 71.6 Å². The second-order valence-corrected chi connectivity index (χ2v) is 11.7. The summed E-state index contributed by atoms with van der Waals surface area (Å²) in [4.78, 5) is 2.33. The number of likely N-dealkylation sites (tertiary alicyclic amines) is 1. The Bertz CT molecular complexity index is 1370. The van der Waals surface area contributed by atoms with E-state index in [0.717, 1.165) is 19.5 Å². The smallest absolute Gasteiger partial charge is 0.246 e. The Morgan fingerprint density at radius 3 is 2.46 bits per heavy atom. The molecular formula is C26H23Cl2N3O3S. The number of rotatable bonds is 6. The predicted molar refractivity (Wildman–Crippen MR) is 135 cm³/mol. The molecule has 0 bridgehead atoms. The molecular weight excluding hydrogens is 505 g/mol. The maximum absolute atomic E-state index is 13.8. The normalized spacial score (nSPS) is 20.5. The van der Waals surface area contributed by atoms with Crippen LogP contribution >= 0.6 is 23.2 Å². The van der Waals surface area contributed by atoms with Gasteiger partial charge in [-0.1, -0.05) is 53.5 Å². The van der Waals surface area contributed by atoms with Crippen molar-refractivity contribution in [3.63, 3.8) is 0 Å². The zero-order valence-corrected chi connectivity index (χ0v) is 21.1. The Morgan fingerprint density at radius 1 is 1.00 bits per heavy atom. The molecule has 6 nitrogen and oxygen atoms in total. The van der Waals surface area contributed by atoms with Crippen LogP contribution in [0.4, 0.5) is 0 Å². The molecule has 2 fully saturated rings. The Hall–Kier alpha value is -2.60. The SMILES string of the molecule is N#Cc1ccc(Oc2cc(Cl)cc(Cl)c2)c(S(=O)(=O)N2CC3CCN(Cc4ccccc4)C3C2)c1. The summed E-state index contributed by atoms with van der Waals surface area (Å²) in [6.07, 6.45) is 0.951. The molecule has 2 aliphatic rings. The van der Waals surface area contributed by atoms with Crippen LogP contribution in [0.25, 0.3) is 0 Å². The maximum atomic E-state index is 13.8. The third kappa shape index (κ3) is 5.04. The molecule has 2 unspecified atom stereocenters. The van der Waals surface area contributed by atoms with Crippen molar-refractivity contribution in [3.05, 3.63) is 87.9 Å². The summed E-state index contributed by atoms with van der Waals surface area (Å²) in [6, 6.07) is 21.5. The van der Waals surface area contributed by atoms with Gasteiger partial charge in [0.2, 0.25) is 10.0 Å². The van der Waals surface area contributed by atoms with Crippen LogP contribution in [0.2, 0.25) is 10.0 Å². The van der Waals surface area contributed by atoms with Gasteiger partial charge in [0.25, 0.3) is 0 Å². The highest BCUT2D eigenvalue weighted by Gasteiger charge is 2.45. The number of ether oxygens (including phenoxy) is 1. The average molecular weight is 528 g/mol. The number of benzene rings is 3. The van der Waals surface area contributed by atoms with Gasteiger partial charge in [0.05, 0.1) is 11.6 Å². The summed E-state index contributed by atoms with van der Waals surface area (Å²) in [5.41, 5.74) is 1.46. The summed E-state index contributed by atoms with van der Waals surface area (Å²) in [5, 5.41) is 10.2. The molecule has 0 saturated carbocycles. The third-order valence-electron chi connectivity index (χ3n) is 6.61. The Kier molecular flexibility index (Phi) is 6.75. The van der Waals surface area contributed by atoms with E-state index in [2.05, 4.69) is 17.0 Å². The number of fused-ring (bicyclic) bond motifs is 1. The predicted octanol–water partition coefficient (Wildman–Crippen LogP) is 5.55. The number of nitriles is 1. The van der Waals surface area contributed by atoms with Crippen molar-refractivity contribution in [1.29, 1.82) is 5.26 Å². The van der Waals surface area contributed by atoms with Crippen LogP contribution in [-0.4, -0.2) is 43.3 Å². The fraction of sp³-hybridized carbons (Fsp3) is 0.269. The topological polar surface area (TPSA) is 73.6 Å². The van der Waals surface area contributed by atoms with Gasteiger partial charge in [-0.15, -0.1) is 0 Å². The van der Waals surface area contributed by atoms with Crippen molar-refractivity contribution in [1.82, 2.24) is 9.21 Å². The van der Waals surface area contributed by atoms with E-state index in [1.165, 1.54) is 28.1 Å². The Labute approximate surface area is 215 Å². The van der Waals surface area contributed by atoms with Gasteiger partial charge in [-0.05, 0) is 60.8 Å². The lowest BCUT2D eigenvalue weighted by molar-refractivity contribution is 0.236. The highest BCUT2D eigenvalue weighted by atomic mass is 35.5. The van der Waals surface area contributed by atoms with Crippen LogP contribution in [0.1, 0.15) is 17.5 Å². The first-order valence-corrected chi connectivity index (χ1v) is 13.5. The molecule has 0 amide bonds. The molecule has 2 atom stereocenters. The van der Waals surface area contributed by atoms with Crippen molar-refractivity contribution in [2.75, 3.05) is 19.6 Å². The summed E-state index contributed by atoms with van der Waals surface area (Å²) in [7, 11) is -3.92. The summed E-state index contributed by atoms with van der Waals surface area (Å²) in [5.74, 6) is 0.709. The number of nitrogens with zero attached hydrogens (tertiary/aromatic N) is 3. The van der Waals surface area contributed by atoms with E-state index in [1.54, 1.807) is 18.2 Å². The zero-order valence-electron chi connectivity index (χ0n) is 18.8. The van der Waals surface area contributed by atoms with Crippen molar-refractivity contribution < 1.29 is 13.2 Å². The summed E-state index contributed by atoms with van der Waals surface area (Å²) >= 11 is 12.2. The molecule has 35 heavy (non-hydrogen) atoms. The average Bonchev–Trinajstić information content (AvgIpc) is 3.42. The minimum Gasteiger partial charge on any atom is -0.456 e. The van der Waals surface area contributed by atoms with Gasteiger partial charge in [0.1, 0.15) is 16.4 Å². The van der Waals surface area contributed by atoms with E-state index in [0.29, 0.717) is 28.9 Å². The molecule has 3 aromatic carbocycles. The van der Waals surface area contributed by atoms with E-state index >= 15 is 0 Å². The first kappa shape index (κ1) is 24.1.